The van der Waals surface area contributed by atoms with Crippen molar-refractivity contribution in [1.82, 2.24) is 9.55 Å². The molecule has 0 N–H and O–H groups in total. The number of hydrogen-bond acceptors (Lipinski definition) is 3. The van der Waals surface area contributed by atoms with E-state index >= 15 is 0 Å². The summed E-state index contributed by atoms with van der Waals surface area (Å²) in [5.74, 6) is -1.11. The molecule has 0 fully saturated rings. The van der Waals surface area contributed by atoms with Gasteiger partial charge in [0.05, 0.1) is 19.0 Å². The third-order valence-corrected chi connectivity index (χ3v) is 2.58. The zero-order valence-electron chi connectivity index (χ0n) is 8.85. The maximum absolute atomic E-state index is 13.2. The average Bonchev–Trinajstić information content (AvgIpc) is 2.70. The van der Waals surface area contributed by atoms with Crippen LogP contribution in [0.3, 0.4) is 0 Å². The third-order valence-electron chi connectivity index (χ3n) is 2.15. The van der Waals surface area contributed by atoms with Crippen molar-refractivity contribution in [3.63, 3.8) is 0 Å². The molecule has 0 spiro atoms. The number of pyridine rings is 1. The second kappa shape index (κ2) is 4.67. The topological polar surface area (TPSA) is 44.1 Å². The molecule has 0 saturated heterocycles. The van der Waals surface area contributed by atoms with Gasteiger partial charge >= 0.3 is 5.97 Å². The quantitative estimate of drug-likeness (QED) is 0.801. The van der Waals surface area contributed by atoms with Gasteiger partial charge in [0.2, 0.25) is 0 Å². The molecule has 2 heterocycles. The number of carbonyl (C=O) groups is 1. The van der Waals surface area contributed by atoms with Gasteiger partial charge in [-0.1, -0.05) is 0 Å². The van der Waals surface area contributed by atoms with Crippen LogP contribution in [0.1, 0.15) is 10.5 Å². The number of aromatic nitrogens is 2. The Bertz CT molecular complexity index is 568. The lowest BCUT2D eigenvalue weighted by molar-refractivity contribution is 0.0591. The summed E-state index contributed by atoms with van der Waals surface area (Å²) < 4.78 is 19.9. The van der Waals surface area contributed by atoms with Crippen molar-refractivity contribution >= 4 is 21.9 Å². The lowest BCUT2D eigenvalue weighted by atomic mass is 10.4. The number of nitrogens with zero attached hydrogens (tertiary/aromatic N) is 2. The van der Waals surface area contributed by atoms with E-state index in [1.807, 2.05) is 0 Å². The van der Waals surface area contributed by atoms with Crippen molar-refractivity contribution < 1.29 is 13.9 Å². The van der Waals surface area contributed by atoms with Gasteiger partial charge in [-0.25, -0.2) is 9.18 Å². The first-order valence-corrected chi connectivity index (χ1v) is 5.48. The van der Waals surface area contributed by atoms with Crippen molar-refractivity contribution in [2.45, 2.75) is 0 Å². The molecular weight excluding hydrogens is 291 g/mol. The molecule has 2 rings (SSSR count). The van der Waals surface area contributed by atoms with Gasteiger partial charge in [-0.15, -0.1) is 0 Å². The molecule has 0 atom stereocenters. The largest absolute Gasteiger partial charge is 0.464 e. The molecule has 0 radical (unpaired) electrons. The van der Waals surface area contributed by atoms with Gasteiger partial charge in [0.1, 0.15) is 11.5 Å². The first kappa shape index (κ1) is 11.8. The van der Waals surface area contributed by atoms with Gasteiger partial charge in [-0.05, 0) is 22.0 Å². The molecule has 6 heteroatoms. The van der Waals surface area contributed by atoms with Gasteiger partial charge in [-0.3, -0.25) is 4.98 Å². The Morgan fingerprint density at radius 3 is 2.88 bits per heavy atom. The maximum Gasteiger partial charge on any atom is 0.355 e. The molecule has 0 saturated carbocycles. The zero-order chi connectivity index (χ0) is 12.4. The number of hydrogen-bond donors (Lipinski definition) is 0. The Morgan fingerprint density at radius 1 is 1.47 bits per heavy atom. The van der Waals surface area contributed by atoms with Crippen molar-refractivity contribution in [2.24, 2.45) is 0 Å². The second-order valence-corrected chi connectivity index (χ2v) is 4.18. The highest BCUT2D eigenvalue weighted by atomic mass is 79.9. The van der Waals surface area contributed by atoms with E-state index in [2.05, 4.69) is 25.7 Å². The molecular formula is C11H8BrFN2O2. The normalized spacial score (nSPS) is 10.3. The molecule has 88 valence electrons. The predicted molar refractivity (Wildman–Crippen MR) is 62.6 cm³/mol. The van der Waals surface area contributed by atoms with Crippen molar-refractivity contribution in [1.29, 1.82) is 0 Å². The summed E-state index contributed by atoms with van der Waals surface area (Å²) in [4.78, 5) is 15.4. The van der Waals surface area contributed by atoms with Crippen LogP contribution in [0.5, 0.6) is 0 Å². The fraction of sp³-hybridized carbons (Fsp3) is 0.0909. The van der Waals surface area contributed by atoms with E-state index in [9.17, 15) is 9.18 Å². The summed E-state index contributed by atoms with van der Waals surface area (Å²) >= 11 is 3.26. The van der Waals surface area contributed by atoms with Crippen LogP contribution in [0.15, 0.2) is 35.2 Å². The van der Waals surface area contributed by atoms with E-state index < -0.39 is 11.8 Å². The molecule has 0 bridgehead atoms. The minimum atomic E-state index is -0.603. The van der Waals surface area contributed by atoms with Crippen LogP contribution in [0.2, 0.25) is 0 Å². The molecule has 4 nitrogen and oxygen atoms in total. The summed E-state index contributed by atoms with van der Waals surface area (Å²) in [7, 11) is 1.25. The second-order valence-electron chi connectivity index (χ2n) is 3.27. The summed E-state index contributed by atoms with van der Waals surface area (Å²) in [6.07, 6.45) is 4.33. The monoisotopic (exact) mass is 298 g/mol. The van der Waals surface area contributed by atoms with E-state index in [1.54, 1.807) is 12.3 Å². The molecule has 0 aliphatic heterocycles. The predicted octanol–water partition coefficient (Wildman–Crippen LogP) is 2.56. The number of ether oxygens (including phenoxy) is 1. The van der Waals surface area contributed by atoms with E-state index in [4.69, 9.17) is 0 Å². The minimum absolute atomic E-state index is 0.116. The fourth-order valence-corrected chi connectivity index (χ4v) is 1.79. The highest BCUT2D eigenvalue weighted by Crippen LogP contribution is 2.18. The van der Waals surface area contributed by atoms with E-state index in [0.29, 0.717) is 5.69 Å². The Balaban J connectivity index is 2.55. The number of rotatable bonds is 2. The summed E-state index contributed by atoms with van der Waals surface area (Å²) in [6.45, 7) is 0. The number of esters is 1. The number of carbonyl (C=O) groups excluding carboxylic acids is 1. The number of halogens is 2. The Hall–Kier alpha value is -1.69. The van der Waals surface area contributed by atoms with Crippen LogP contribution < -0.4 is 0 Å². The van der Waals surface area contributed by atoms with Gasteiger partial charge in [0, 0.05) is 22.9 Å². The SMILES string of the molecule is COC(=O)c1cc(F)cn1-c1cncc(Br)c1. The molecule has 0 aromatic carbocycles. The van der Waals surface area contributed by atoms with Crippen LogP contribution in [0, 0.1) is 5.82 Å². The maximum atomic E-state index is 13.2. The smallest absolute Gasteiger partial charge is 0.355 e. The fourth-order valence-electron chi connectivity index (χ4n) is 1.44. The summed E-state index contributed by atoms with van der Waals surface area (Å²) in [6, 6.07) is 2.84. The van der Waals surface area contributed by atoms with E-state index in [0.717, 1.165) is 10.5 Å². The highest BCUT2D eigenvalue weighted by molar-refractivity contribution is 9.10. The van der Waals surface area contributed by atoms with Gasteiger partial charge in [0.15, 0.2) is 0 Å². The molecule has 0 unspecified atom stereocenters. The van der Waals surface area contributed by atoms with Gasteiger partial charge in [-0.2, -0.15) is 0 Å². The molecule has 2 aromatic heterocycles. The first-order valence-electron chi connectivity index (χ1n) is 4.69. The van der Waals surface area contributed by atoms with Crippen molar-refractivity contribution in [2.75, 3.05) is 7.11 Å². The third kappa shape index (κ3) is 2.36. The lowest BCUT2D eigenvalue weighted by Crippen LogP contribution is -2.08. The van der Waals surface area contributed by atoms with Gasteiger partial charge in [0.25, 0.3) is 0 Å². The minimum Gasteiger partial charge on any atom is -0.464 e. The Kier molecular flexibility index (Phi) is 3.23. The van der Waals surface area contributed by atoms with Crippen LogP contribution in [-0.4, -0.2) is 22.6 Å². The lowest BCUT2D eigenvalue weighted by Gasteiger charge is -2.06. The van der Waals surface area contributed by atoms with Crippen molar-refractivity contribution in [3.05, 3.63) is 46.7 Å². The average molecular weight is 299 g/mol. The highest BCUT2D eigenvalue weighted by Gasteiger charge is 2.15. The number of methoxy groups -OCH3 is 1. The molecule has 0 aliphatic rings. The zero-order valence-corrected chi connectivity index (χ0v) is 10.4. The molecule has 2 aromatic rings. The Labute approximate surface area is 105 Å². The van der Waals surface area contributed by atoms with E-state index in [-0.39, 0.29) is 5.69 Å². The molecule has 17 heavy (non-hydrogen) atoms. The van der Waals surface area contributed by atoms with Crippen LogP contribution in [0.4, 0.5) is 4.39 Å². The first-order chi connectivity index (χ1) is 8.11. The summed E-state index contributed by atoms with van der Waals surface area (Å²) in [5, 5.41) is 0. The van der Waals surface area contributed by atoms with E-state index in [1.165, 1.54) is 24.1 Å². The Morgan fingerprint density at radius 2 is 2.24 bits per heavy atom. The van der Waals surface area contributed by atoms with Crippen molar-refractivity contribution in [3.8, 4) is 5.69 Å². The van der Waals surface area contributed by atoms with Crippen LogP contribution >= 0.6 is 15.9 Å². The standard InChI is InChI=1S/C11H8BrFN2O2/c1-17-11(16)10-3-8(13)6-15(10)9-2-7(12)4-14-5-9/h2-6H,1H3. The summed E-state index contributed by atoms with van der Waals surface area (Å²) in [5.41, 5.74) is 0.688. The van der Waals surface area contributed by atoms with Crippen LogP contribution in [0.25, 0.3) is 5.69 Å². The van der Waals surface area contributed by atoms with Gasteiger partial charge < -0.3 is 9.30 Å². The molecule has 0 aliphatic carbocycles. The van der Waals surface area contributed by atoms with Crippen LogP contribution in [-0.2, 0) is 4.74 Å². The molecule has 0 amide bonds.